The maximum atomic E-state index is 5.31. The summed E-state index contributed by atoms with van der Waals surface area (Å²) in [6.45, 7) is 7.27. The van der Waals surface area contributed by atoms with Crippen molar-refractivity contribution in [1.29, 1.82) is 0 Å². The Kier molecular flexibility index (Phi) is 3.52. The first-order valence-corrected chi connectivity index (χ1v) is 8.80. The van der Waals surface area contributed by atoms with Crippen molar-refractivity contribution in [2.45, 2.75) is 46.1 Å². The largest absolute Gasteiger partial charge is 0.346 e. The van der Waals surface area contributed by atoms with Crippen LogP contribution in [0.4, 0.5) is 5.82 Å². The van der Waals surface area contributed by atoms with Gasteiger partial charge >= 0.3 is 0 Å². The number of hydrogen-bond donors (Lipinski definition) is 0. The molecule has 0 N–H and O–H groups in total. The Hall–Kier alpha value is -2.02. The molecule has 1 fully saturated rings. The van der Waals surface area contributed by atoms with Crippen LogP contribution in [0.3, 0.4) is 0 Å². The molecule has 0 spiro atoms. The van der Waals surface area contributed by atoms with Crippen LogP contribution in [-0.2, 0) is 6.42 Å². The highest BCUT2D eigenvalue weighted by Crippen LogP contribution is 2.40. The van der Waals surface area contributed by atoms with Crippen molar-refractivity contribution >= 4 is 27.4 Å². The highest BCUT2D eigenvalue weighted by atomic mass is 32.1. The van der Waals surface area contributed by atoms with Crippen molar-refractivity contribution < 1.29 is 4.52 Å². The lowest BCUT2D eigenvalue weighted by Crippen LogP contribution is -2.24. The number of aromatic nitrogens is 4. The summed E-state index contributed by atoms with van der Waals surface area (Å²) in [4.78, 5) is 18.2. The molecule has 6 nitrogen and oxygen atoms in total. The van der Waals surface area contributed by atoms with Crippen LogP contribution in [0.2, 0.25) is 0 Å². The third kappa shape index (κ3) is 2.30. The Morgan fingerprint density at radius 3 is 3.00 bits per heavy atom. The van der Waals surface area contributed by atoms with E-state index in [1.54, 1.807) is 17.7 Å². The van der Waals surface area contributed by atoms with Crippen LogP contribution in [0.1, 0.15) is 48.0 Å². The van der Waals surface area contributed by atoms with E-state index >= 15 is 0 Å². The first-order chi connectivity index (χ1) is 11.2. The normalized spacial score (nSPS) is 18.2. The smallest absolute Gasteiger partial charge is 0.226 e. The Morgan fingerprint density at radius 1 is 1.35 bits per heavy atom. The molecule has 0 aliphatic carbocycles. The zero-order valence-corrected chi connectivity index (χ0v) is 14.4. The predicted octanol–water partition coefficient (Wildman–Crippen LogP) is 3.60. The van der Waals surface area contributed by atoms with Crippen molar-refractivity contribution in [1.82, 2.24) is 20.1 Å². The molecule has 1 saturated heterocycles. The lowest BCUT2D eigenvalue weighted by Gasteiger charge is -2.24. The molecule has 120 valence electrons. The van der Waals surface area contributed by atoms with Crippen molar-refractivity contribution in [2.75, 3.05) is 11.4 Å². The summed E-state index contributed by atoms with van der Waals surface area (Å²) in [5, 5.41) is 5.35. The van der Waals surface area contributed by atoms with Gasteiger partial charge in [-0.25, -0.2) is 9.97 Å². The van der Waals surface area contributed by atoms with Gasteiger partial charge in [-0.1, -0.05) is 12.1 Å². The molecule has 7 heteroatoms. The van der Waals surface area contributed by atoms with Crippen molar-refractivity contribution in [3.05, 3.63) is 28.5 Å². The second-order valence-electron chi connectivity index (χ2n) is 5.91. The van der Waals surface area contributed by atoms with Crippen molar-refractivity contribution in [2.24, 2.45) is 0 Å². The molecule has 1 aliphatic heterocycles. The first-order valence-electron chi connectivity index (χ1n) is 7.98. The van der Waals surface area contributed by atoms with E-state index in [2.05, 4.69) is 38.9 Å². The van der Waals surface area contributed by atoms with E-state index in [0.717, 1.165) is 42.3 Å². The molecule has 0 radical (unpaired) electrons. The number of thiophene rings is 1. The summed E-state index contributed by atoms with van der Waals surface area (Å²) >= 11 is 1.73. The van der Waals surface area contributed by atoms with Gasteiger partial charge in [0.25, 0.3) is 0 Å². The van der Waals surface area contributed by atoms with Crippen LogP contribution >= 0.6 is 11.3 Å². The molecule has 4 heterocycles. The number of fused-ring (bicyclic) bond motifs is 1. The summed E-state index contributed by atoms with van der Waals surface area (Å²) in [6, 6.07) is 0.136. The van der Waals surface area contributed by atoms with Crippen LogP contribution < -0.4 is 4.90 Å². The number of hydrogen-bond acceptors (Lipinski definition) is 7. The number of anilines is 1. The average molecular weight is 329 g/mol. The minimum atomic E-state index is 0.136. The van der Waals surface area contributed by atoms with Gasteiger partial charge in [0.1, 0.15) is 17.0 Å². The summed E-state index contributed by atoms with van der Waals surface area (Å²) < 4.78 is 5.31. The van der Waals surface area contributed by atoms with Crippen LogP contribution in [0.5, 0.6) is 0 Å². The van der Waals surface area contributed by atoms with E-state index in [9.17, 15) is 0 Å². The standard InChI is InChI=1S/C16H19N5OS/c1-4-12-19-14(20-22-12)11-6-5-7-21(11)15-13-9(2)10(3)23-16(13)18-8-17-15/h8,11H,4-7H2,1-3H3/t11-/m0/s1. The second kappa shape index (κ2) is 5.56. The monoisotopic (exact) mass is 329 g/mol. The highest BCUT2D eigenvalue weighted by Gasteiger charge is 2.32. The fourth-order valence-electron chi connectivity index (χ4n) is 3.22. The fourth-order valence-corrected chi connectivity index (χ4v) is 4.21. The van der Waals surface area contributed by atoms with Gasteiger partial charge in [-0.3, -0.25) is 0 Å². The Balaban J connectivity index is 1.80. The molecule has 1 atom stereocenters. The number of aryl methyl sites for hydroxylation is 3. The minimum Gasteiger partial charge on any atom is -0.346 e. The molecule has 0 aromatic carbocycles. The van der Waals surface area contributed by atoms with Gasteiger partial charge in [-0.15, -0.1) is 11.3 Å². The molecule has 0 saturated carbocycles. The highest BCUT2D eigenvalue weighted by molar-refractivity contribution is 7.18. The maximum absolute atomic E-state index is 5.31. The molecule has 1 aliphatic rings. The van der Waals surface area contributed by atoms with Crippen LogP contribution in [-0.4, -0.2) is 26.7 Å². The lowest BCUT2D eigenvalue weighted by molar-refractivity contribution is 0.373. The summed E-state index contributed by atoms with van der Waals surface area (Å²) in [6.07, 6.45) is 4.56. The first kappa shape index (κ1) is 14.6. The van der Waals surface area contributed by atoms with Gasteiger partial charge in [-0.05, 0) is 32.3 Å². The molecule has 3 aromatic rings. The molecule has 4 rings (SSSR count). The average Bonchev–Trinajstić information content (AvgIpc) is 3.26. The fraction of sp³-hybridized carbons (Fsp3) is 0.500. The van der Waals surface area contributed by atoms with E-state index in [-0.39, 0.29) is 6.04 Å². The van der Waals surface area contributed by atoms with E-state index in [0.29, 0.717) is 5.89 Å². The molecule has 23 heavy (non-hydrogen) atoms. The molecule has 0 unspecified atom stereocenters. The zero-order chi connectivity index (χ0) is 16.0. The Bertz CT molecular complexity index is 855. The van der Waals surface area contributed by atoms with Gasteiger partial charge in [-0.2, -0.15) is 4.98 Å². The lowest BCUT2D eigenvalue weighted by atomic mass is 10.1. The second-order valence-corrected chi connectivity index (χ2v) is 7.12. The maximum Gasteiger partial charge on any atom is 0.226 e. The predicted molar refractivity (Wildman–Crippen MR) is 89.9 cm³/mol. The minimum absolute atomic E-state index is 0.136. The van der Waals surface area contributed by atoms with E-state index < -0.39 is 0 Å². The summed E-state index contributed by atoms with van der Waals surface area (Å²) in [5.74, 6) is 2.47. The van der Waals surface area contributed by atoms with E-state index in [4.69, 9.17) is 4.52 Å². The van der Waals surface area contributed by atoms with Gasteiger partial charge in [0.05, 0.1) is 11.4 Å². The third-order valence-electron chi connectivity index (χ3n) is 4.55. The van der Waals surface area contributed by atoms with Crippen LogP contribution in [0, 0.1) is 13.8 Å². The molecule has 3 aromatic heterocycles. The molecular formula is C16H19N5OS. The Morgan fingerprint density at radius 2 is 2.22 bits per heavy atom. The third-order valence-corrected chi connectivity index (χ3v) is 5.67. The molecular weight excluding hydrogens is 310 g/mol. The van der Waals surface area contributed by atoms with E-state index in [1.165, 1.54) is 15.8 Å². The van der Waals surface area contributed by atoms with Gasteiger partial charge in [0.15, 0.2) is 5.82 Å². The number of nitrogens with zero attached hydrogens (tertiary/aromatic N) is 5. The number of rotatable bonds is 3. The van der Waals surface area contributed by atoms with Gasteiger partial charge < -0.3 is 9.42 Å². The quantitative estimate of drug-likeness (QED) is 0.731. The topological polar surface area (TPSA) is 67.9 Å². The summed E-state index contributed by atoms with van der Waals surface area (Å²) in [5.41, 5.74) is 1.27. The zero-order valence-electron chi connectivity index (χ0n) is 13.5. The van der Waals surface area contributed by atoms with Crippen LogP contribution in [0.25, 0.3) is 10.2 Å². The van der Waals surface area contributed by atoms with Gasteiger partial charge in [0.2, 0.25) is 5.89 Å². The summed E-state index contributed by atoms with van der Waals surface area (Å²) in [7, 11) is 0. The van der Waals surface area contributed by atoms with Crippen molar-refractivity contribution in [3.63, 3.8) is 0 Å². The van der Waals surface area contributed by atoms with Gasteiger partial charge in [0, 0.05) is 17.8 Å². The van der Waals surface area contributed by atoms with Crippen LogP contribution in [0.15, 0.2) is 10.9 Å². The Labute approximate surface area is 138 Å². The SMILES string of the molecule is CCc1nc([C@@H]2CCCN2c2ncnc3sc(C)c(C)c23)no1. The molecule has 0 amide bonds. The molecule has 0 bridgehead atoms. The van der Waals surface area contributed by atoms with E-state index in [1.807, 2.05) is 6.92 Å². The van der Waals surface area contributed by atoms with Crippen molar-refractivity contribution in [3.8, 4) is 0 Å².